The van der Waals surface area contributed by atoms with E-state index >= 15 is 0 Å². The molecule has 0 saturated carbocycles. The van der Waals surface area contributed by atoms with Crippen molar-refractivity contribution < 1.29 is 19.5 Å². The molecule has 0 bridgehead atoms. The number of hydrogen-bond donors (Lipinski definition) is 4. The molecule has 0 aliphatic carbocycles. The van der Waals surface area contributed by atoms with E-state index in [-0.39, 0.29) is 30.5 Å². The molecule has 4 amide bonds. The van der Waals surface area contributed by atoms with Crippen molar-refractivity contribution in [2.24, 2.45) is 0 Å². The average molecular weight is 420 g/mol. The first kappa shape index (κ1) is 20.5. The van der Waals surface area contributed by atoms with Crippen LogP contribution in [-0.4, -0.2) is 52.0 Å². The lowest BCUT2D eigenvalue weighted by molar-refractivity contribution is -0.130. The number of nitrogens with zero attached hydrogens (tertiary/aromatic N) is 1. The topological polar surface area (TPSA) is 115 Å². The summed E-state index contributed by atoms with van der Waals surface area (Å²) in [4.78, 5) is 41.5. The van der Waals surface area contributed by atoms with Crippen LogP contribution < -0.4 is 10.6 Å². The summed E-state index contributed by atoms with van der Waals surface area (Å²) < 4.78 is 0. The lowest BCUT2D eigenvalue weighted by Crippen LogP contribution is -2.37. The molecule has 4 rings (SSSR count). The number of imide groups is 1. The van der Waals surface area contributed by atoms with Gasteiger partial charge in [-0.2, -0.15) is 0 Å². The van der Waals surface area contributed by atoms with Crippen molar-refractivity contribution >= 4 is 28.7 Å². The van der Waals surface area contributed by atoms with Crippen LogP contribution in [0.2, 0.25) is 0 Å². The van der Waals surface area contributed by atoms with Gasteiger partial charge in [0.1, 0.15) is 11.8 Å². The molecule has 3 aromatic rings. The Morgan fingerprint density at radius 3 is 2.65 bits per heavy atom. The van der Waals surface area contributed by atoms with E-state index in [1.807, 2.05) is 30.5 Å². The maximum Gasteiger partial charge on any atom is 0.324 e. The summed E-state index contributed by atoms with van der Waals surface area (Å²) in [5, 5.41) is 15.7. The lowest BCUT2D eigenvalue weighted by Gasteiger charge is -2.13. The second kappa shape index (κ2) is 8.91. The van der Waals surface area contributed by atoms with Gasteiger partial charge in [0.15, 0.2) is 0 Å². The number of fused-ring (bicyclic) bond motifs is 1. The summed E-state index contributed by atoms with van der Waals surface area (Å²) >= 11 is 0. The number of H-pyrrole nitrogens is 1. The van der Waals surface area contributed by atoms with Gasteiger partial charge < -0.3 is 20.7 Å². The van der Waals surface area contributed by atoms with Gasteiger partial charge in [0.2, 0.25) is 5.91 Å². The number of aromatic hydroxyl groups is 1. The summed E-state index contributed by atoms with van der Waals surface area (Å²) in [6.07, 6.45) is 2.94. The van der Waals surface area contributed by atoms with Gasteiger partial charge in [0, 0.05) is 30.2 Å². The summed E-state index contributed by atoms with van der Waals surface area (Å²) in [6, 6.07) is 13.3. The first-order valence-corrected chi connectivity index (χ1v) is 10.2. The number of rotatable bonds is 8. The quantitative estimate of drug-likeness (QED) is 0.418. The van der Waals surface area contributed by atoms with Gasteiger partial charge in [0.25, 0.3) is 5.91 Å². The summed E-state index contributed by atoms with van der Waals surface area (Å²) in [5.41, 5.74) is 3.02. The Bertz CT molecular complexity index is 1110. The SMILES string of the molecule is O=C(C[C@H]1NC(=O)N(CCc2c[nH]c3ccccc23)C1=O)NCCc1ccc(O)cc1. The third kappa shape index (κ3) is 4.69. The molecule has 1 saturated heterocycles. The molecule has 0 radical (unpaired) electrons. The third-order valence-electron chi connectivity index (χ3n) is 5.45. The van der Waals surface area contributed by atoms with Gasteiger partial charge >= 0.3 is 6.03 Å². The van der Waals surface area contributed by atoms with E-state index in [1.54, 1.807) is 24.3 Å². The van der Waals surface area contributed by atoms with E-state index in [4.69, 9.17) is 0 Å². The fourth-order valence-corrected chi connectivity index (χ4v) is 3.76. The Kier molecular flexibility index (Phi) is 5.88. The molecule has 0 spiro atoms. The first-order chi connectivity index (χ1) is 15.0. The molecule has 2 heterocycles. The highest BCUT2D eigenvalue weighted by molar-refractivity contribution is 6.05. The maximum atomic E-state index is 12.6. The molecule has 1 aromatic heterocycles. The van der Waals surface area contributed by atoms with Crippen LogP contribution in [0.15, 0.2) is 54.7 Å². The molecule has 160 valence electrons. The molecule has 4 N–H and O–H groups in total. The minimum Gasteiger partial charge on any atom is -0.508 e. The number of phenols is 1. The predicted molar refractivity (Wildman–Crippen MR) is 115 cm³/mol. The van der Waals surface area contributed by atoms with E-state index in [2.05, 4.69) is 15.6 Å². The highest BCUT2D eigenvalue weighted by Gasteiger charge is 2.38. The van der Waals surface area contributed by atoms with Gasteiger partial charge in [-0.25, -0.2) is 4.79 Å². The van der Waals surface area contributed by atoms with Gasteiger partial charge in [-0.1, -0.05) is 30.3 Å². The molecule has 8 nitrogen and oxygen atoms in total. The highest BCUT2D eigenvalue weighted by atomic mass is 16.3. The monoisotopic (exact) mass is 420 g/mol. The fourth-order valence-electron chi connectivity index (χ4n) is 3.76. The number of nitrogens with one attached hydrogen (secondary N) is 3. The van der Waals surface area contributed by atoms with Crippen LogP contribution in [-0.2, 0) is 22.4 Å². The molecule has 0 unspecified atom stereocenters. The van der Waals surface area contributed by atoms with Crippen molar-refractivity contribution in [3.8, 4) is 5.75 Å². The number of aromatic amines is 1. The Labute approximate surface area is 179 Å². The summed E-state index contributed by atoms with van der Waals surface area (Å²) in [6.45, 7) is 0.661. The Balaban J connectivity index is 1.26. The fraction of sp³-hybridized carbons (Fsp3) is 0.261. The number of aromatic nitrogens is 1. The molecular formula is C23H24N4O4. The number of benzene rings is 2. The molecule has 1 atom stereocenters. The predicted octanol–water partition coefficient (Wildman–Crippen LogP) is 2.09. The van der Waals surface area contributed by atoms with Gasteiger partial charge in [0.05, 0.1) is 6.42 Å². The van der Waals surface area contributed by atoms with E-state index < -0.39 is 12.1 Å². The number of carbonyl (C=O) groups is 3. The molecule has 8 heteroatoms. The second-order valence-corrected chi connectivity index (χ2v) is 7.57. The zero-order chi connectivity index (χ0) is 21.8. The van der Waals surface area contributed by atoms with Crippen LogP contribution in [0.1, 0.15) is 17.5 Å². The number of hydrogen-bond acceptors (Lipinski definition) is 4. The third-order valence-corrected chi connectivity index (χ3v) is 5.45. The van der Waals surface area contributed by atoms with Crippen LogP contribution in [0.5, 0.6) is 5.75 Å². The summed E-state index contributed by atoms with van der Waals surface area (Å²) in [7, 11) is 0. The second-order valence-electron chi connectivity index (χ2n) is 7.57. The molecule has 1 aliphatic rings. The number of para-hydroxylation sites is 1. The van der Waals surface area contributed by atoms with Crippen LogP contribution >= 0.6 is 0 Å². The molecule has 31 heavy (non-hydrogen) atoms. The van der Waals surface area contributed by atoms with Crippen molar-refractivity contribution in [3.63, 3.8) is 0 Å². The number of phenolic OH excluding ortho intramolecular Hbond substituents is 1. The first-order valence-electron chi connectivity index (χ1n) is 10.2. The van der Waals surface area contributed by atoms with Crippen molar-refractivity contribution in [2.75, 3.05) is 13.1 Å². The summed E-state index contributed by atoms with van der Waals surface area (Å²) in [5.74, 6) is -0.480. The van der Waals surface area contributed by atoms with E-state index in [0.717, 1.165) is 22.0 Å². The Hall–Kier alpha value is -3.81. The lowest BCUT2D eigenvalue weighted by atomic mass is 10.1. The highest BCUT2D eigenvalue weighted by Crippen LogP contribution is 2.19. The minimum absolute atomic E-state index is 0.0935. The van der Waals surface area contributed by atoms with E-state index in [9.17, 15) is 19.5 Å². The van der Waals surface area contributed by atoms with Crippen molar-refractivity contribution in [3.05, 3.63) is 65.9 Å². The van der Waals surface area contributed by atoms with E-state index in [1.165, 1.54) is 4.90 Å². The average Bonchev–Trinajstić information content (AvgIpc) is 3.28. The molecule has 1 aliphatic heterocycles. The Morgan fingerprint density at radius 1 is 1.06 bits per heavy atom. The van der Waals surface area contributed by atoms with Gasteiger partial charge in [-0.05, 0) is 42.2 Å². The Morgan fingerprint density at radius 2 is 1.84 bits per heavy atom. The molecule has 2 aromatic carbocycles. The van der Waals surface area contributed by atoms with Crippen LogP contribution in [0.25, 0.3) is 10.9 Å². The largest absolute Gasteiger partial charge is 0.508 e. The normalized spacial score (nSPS) is 16.0. The zero-order valence-electron chi connectivity index (χ0n) is 16.9. The van der Waals surface area contributed by atoms with Gasteiger partial charge in [-0.3, -0.25) is 14.5 Å². The number of carbonyl (C=O) groups excluding carboxylic acids is 3. The van der Waals surface area contributed by atoms with Gasteiger partial charge in [-0.15, -0.1) is 0 Å². The van der Waals surface area contributed by atoms with E-state index in [0.29, 0.717) is 19.4 Å². The molecule has 1 fully saturated rings. The van der Waals surface area contributed by atoms with Crippen molar-refractivity contribution in [1.29, 1.82) is 0 Å². The number of urea groups is 1. The van der Waals surface area contributed by atoms with Crippen LogP contribution in [0.4, 0.5) is 4.79 Å². The standard InChI is InChI=1S/C23H24N4O4/c28-17-7-5-15(6-8-17)9-11-24-21(29)13-20-22(30)27(23(31)26-20)12-10-16-14-25-19-4-2-1-3-18(16)19/h1-8,14,20,25,28H,9-13H2,(H,24,29)(H,26,31)/t20-/m1/s1. The number of amides is 4. The smallest absolute Gasteiger partial charge is 0.324 e. The molecular weight excluding hydrogens is 396 g/mol. The van der Waals surface area contributed by atoms with Crippen LogP contribution in [0.3, 0.4) is 0 Å². The minimum atomic E-state index is -0.843. The van der Waals surface area contributed by atoms with Crippen molar-refractivity contribution in [2.45, 2.75) is 25.3 Å². The van der Waals surface area contributed by atoms with Crippen LogP contribution in [0, 0.1) is 0 Å². The maximum absolute atomic E-state index is 12.6. The zero-order valence-corrected chi connectivity index (χ0v) is 16.9. The van der Waals surface area contributed by atoms with Crippen molar-refractivity contribution in [1.82, 2.24) is 20.5 Å².